The molecule has 1 aromatic carbocycles. The zero-order valence-corrected chi connectivity index (χ0v) is 19.3. The molecule has 1 aromatic heterocycles. The lowest BCUT2D eigenvalue weighted by molar-refractivity contribution is -0.114. The van der Waals surface area contributed by atoms with E-state index >= 15 is 0 Å². The molecule has 0 aliphatic carbocycles. The van der Waals surface area contributed by atoms with Crippen LogP contribution in [0.15, 0.2) is 18.2 Å². The SMILES string of the molecule is CC(=O)Nc1ccc(C)c(Nc2nc(N[C@@H]3CCNC3)nc(N(C)CC(C)(C)C)n2)c1. The summed E-state index contributed by atoms with van der Waals surface area (Å²) in [6.07, 6.45) is 1.03. The summed E-state index contributed by atoms with van der Waals surface area (Å²) >= 11 is 0. The summed E-state index contributed by atoms with van der Waals surface area (Å²) < 4.78 is 0. The van der Waals surface area contributed by atoms with Gasteiger partial charge in [-0.1, -0.05) is 26.8 Å². The molecule has 0 saturated carbocycles. The monoisotopic (exact) mass is 426 g/mol. The number of rotatable bonds is 7. The smallest absolute Gasteiger partial charge is 0.233 e. The van der Waals surface area contributed by atoms with Gasteiger partial charge in [0.2, 0.25) is 23.8 Å². The number of hydrogen-bond donors (Lipinski definition) is 4. The van der Waals surface area contributed by atoms with Crippen molar-refractivity contribution < 1.29 is 4.79 Å². The van der Waals surface area contributed by atoms with E-state index in [9.17, 15) is 4.79 Å². The van der Waals surface area contributed by atoms with E-state index in [4.69, 9.17) is 0 Å². The van der Waals surface area contributed by atoms with Gasteiger partial charge in [0.05, 0.1) is 0 Å². The van der Waals surface area contributed by atoms with Crippen LogP contribution in [0.5, 0.6) is 0 Å². The fraction of sp³-hybridized carbons (Fsp3) is 0.545. The lowest BCUT2D eigenvalue weighted by Gasteiger charge is -2.27. The Morgan fingerprint density at radius 1 is 1.23 bits per heavy atom. The predicted octanol–water partition coefficient (Wildman–Crippen LogP) is 3.14. The van der Waals surface area contributed by atoms with Crippen LogP contribution < -0.4 is 26.2 Å². The predicted molar refractivity (Wildman–Crippen MR) is 126 cm³/mol. The summed E-state index contributed by atoms with van der Waals surface area (Å²) in [4.78, 5) is 27.4. The first-order valence-electron chi connectivity index (χ1n) is 10.7. The van der Waals surface area contributed by atoms with Crippen molar-refractivity contribution in [1.29, 1.82) is 0 Å². The molecular formula is C22H34N8O. The van der Waals surface area contributed by atoms with Gasteiger partial charge in [0.1, 0.15) is 0 Å². The minimum atomic E-state index is -0.113. The fourth-order valence-corrected chi connectivity index (χ4v) is 3.56. The first kappa shape index (κ1) is 22.7. The average Bonchev–Trinajstić information content (AvgIpc) is 3.15. The van der Waals surface area contributed by atoms with E-state index in [1.807, 2.05) is 37.1 Å². The van der Waals surface area contributed by atoms with Gasteiger partial charge in [-0.3, -0.25) is 4.79 Å². The maximum Gasteiger partial charge on any atom is 0.233 e. The molecular weight excluding hydrogens is 392 g/mol. The lowest BCUT2D eigenvalue weighted by Crippen LogP contribution is -2.31. The molecule has 168 valence electrons. The van der Waals surface area contributed by atoms with E-state index in [0.717, 1.165) is 43.0 Å². The Hall–Kier alpha value is -2.94. The third-order valence-electron chi connectivity index (χ3n) is 4.87. The van der Waals surface area contributed by atoms with Crippen molar-refractivity contribution in [2.24, 2.45) is 5.41 Å². The fourth-order valence-electron chi connectivity index (χ4n) is 3.56. The molecule has 4 N–H and O–H groups in total. The Bertz CT molecular complexity index is 918. The zero-order valence-electron chi connectivity index (χ0n) is 19.3. The molecule has 2 heterocycles. The Balaban J connectivity index is 1.90. The van der Waals surface area contributed by atoms with Crippen LogP contribution in [-0.2, 0) is 4.79 Å². The molecule has 1 atom stereocenters. The van der Waals surface area contributed by atoms with Crippen molar-refractivity contribution >= 4 is 35.1 Å². The number of amides is 1. The highest BCUT2D eigenvalue weighted by molar-refractivity contribution is 5.89. The maximum absolute atomic E-state index is 11.4. The van der Waals surface area contributed by atoms with Crippen LogP contribution in [-0.4, -0.2) is 53.6 Å². The molecule has 0 radical (unpaired) electrons. The summed E-state index contributed by atoms with van der Waals surface area (Å²) in [6.45, 7) is 12.7. The summed E-state index contributed by atoms with van der Waals surface area (Å²) in [7, 11) is 1.99. The summed E-state index contributed by atoms with van der Waals surface area (Å²) in [5.74, 6) is 1.51. The molecule has 3 rings (SSSR count). The van der Waals surface area contributed by atoms with E-state index in [1.165, 1.54) is 6.92 Å². The zero-order chi connectivity index (χ0) is 22.6. The van der Waals surface area contributed by atoms with Gasteiger partial charge in [-0.05, 0) is 43.0 Å². The van der Waals surface area contributed by atoms with E-state index < -0.39 is 0 Å². The number of carbonyl (C=O) groups excluding carboxylic acids is 1. The minimum Gasteiger partial charge on any atom is -0.350 e. The van der Waals surface area contributed by atoms with Crippen LogP contribution >= 0.6 is 0 Å². The van der Waals surface area contributed by atoms with Crippen LogP contribution in [0.4, 0.5) is 29.2 Å². The number of carbonyl (C=O) groups is 1. The third kappa shape index (κ3) is 6.78. The lowest BCUT2D eigenvalue weighted by atomic mass is 9.96. The van der Waals surface area contributed by atoms with Gasteiger partial charge in [0.15, 0.2) is 0 Å². The Labute approximate surface area is 184 Å². The average molecular weight is 427 g/mol. The van der Waals surface area contributed by atoms with E-state index in [-0.39, 0.29) is 11.3 Å². The highest BCUT2D eigenvalue weighted by atomic mass is 16.1. The number of aryl methyl sites for hydroxylation is 1. The normalized spacial score (nSPS) is 16.1. The third-order valence-corrected chi connectivity index (χ3v) is 4.87. The molecule has 31 heavy (non-hydrogen) atoms. The highest BCUT2D eigenvalue weighted by Gasteiger charge is 2.20. The number of aromatic nitrogens is 3. The molecule has 9 heteroatoms. The van der Waals surface area contributed by atoms with Gasteiger partial charge in [-0.2, -0.15) is 15.0 Å². The second-order valence-electron chi connectivity index (χ2n) is 9.37. The van der Waals surface area contributed by atoms with Crippen molar-refractivity contribution in [1.82, 2.24) is 20.3 Å². The molecule has 9 nitrogen and oxygen atoms in total. The second kappa shape index (κ2) is 9.47. The van der Waals surface area contributed by atoms with Crippen LogP contribution in [0.25, 0.3) is 0 Å². The Kier molecular flexibility index (Phi) is 6.94. The standard InChI is InChI=1S/C22H34N8O/c1-14-7-8-16(24-15(2)31)11-18(14)26-20-27-19(25-17-9-10-23-12-17)28-21(29-20)30(6)13-22(3,4)5/h7-8,11,17,23H,9-10,12-13H2,1-6H3,(H,24,31)(H2,25,26,27,28,29)/t17-/m1/s1. The number of nitrogens with zero attached hydrogens (tertiary/aromatic N) is 4. The van der Waals surface area contributed by atoms with E-state index in [0.29, 0.717) is 23.9 Å². The van der Waals surface area contributed by atoms with Crippen LogP contribution in [0.1, 0.15) is 39.7 Å². The summed E-state index contributed by atoms with van der Waals surface area (Å²) in [5.41, 5.74) is 2.67. The Morgan fingerprint density at radius 2 is 1.97 bits per heavy atom. The number of hydrogen-bond acceptors (Lipinski definition) is 8. The van der Waals surface area contributed by atoms with Crippen molar-refractivity contribution in [3.63, 3.8) is 0 Å². The van der Waals surface area contributed by atoms with Crippen molar-refractivity contribution in [2.45, 2.75) is 47.1 Å². The highest BCUT2D eigenvalue weighted by Crippen LogP contribution is 2.25. The van der Waals surface area contributed by atoms with Gasteiger partial charge < -0.3 is 26.2 Å². The largest absolute Gasteiger partial charge is 0.350 e. The van der Waals surface area contributed by atoms with Crippen LogP contribution in [0, 0.1) is 12.3 Å². The molecule has 2 aromatic rings. The van der Waals surface area contributed by atoms with Gasteiger partial charge in [0.25, 0.3) is 0 Å². The Morgan fingerprint density at radius 3 is 2.61 bits per heavy atom. The molecule has 0 unspecified atom stereocenters. The molecule has 1 aliphatic heterocycles. The topological polar surface area (TPSA) is 107 Å². The van der Waals surface area contributed by atoms with Crippen molar-refractivity contribution in [3.05, 3.63) is 23.8 Å². The van der Waals surface area contributed by atoms with Crippen molar-refractivity contribution in [3.8, 4) is 0 Å². The molecule has 1 aliphatic rings. The first-order chi connectivity index (χ1) is 14.6. The summed E-state index contributed by atoms with van der Waals surface area (Å²) in [5, 5.41) is 12.9. The second-order valence-corrected chi connectivity index (χ2v) is 9.37. The van der Waals surface area contributed by atoms with Crippen LogP contribution in [0.2, 0.25) is 0 Å². The van der Waals surface area contributed by atoms with Gasteiger partial charge >= 0.3 is 0 Å². The maximum atomic E-state index is 11.4. The van der Waals surface area contributed by atoms with Gasteiger partial charge in [-0.15, -0.1) is 0 Å². The van der Waals surface area contributed by atoms with Crippen molar-refractivity contribution in [2.75, 3.05) is 47.5 Å². The summed E-state index contributed by atoms with van der Waals surface area (Å²) in [6, 6.07) is 6.00. The number of nitrogens with one attached hydrogen (secondary N) is 4. The molecule has 0 bridgehead atoms. The van der Waals surface area contributed by atoms with E-state index in [2.05, 4.69) is 57.0 Å². The quantitative estimate of drug-likeness (QED) is 0.535. The number of anilines is 5. The van der Waals surface area contributed by atoms with E-state index in [1.54, 1.807) is 0 Å². The van der Waals surface area contributed by atoms with Crippen LogP contribution in [0.3, 0.4) is 0 Å². The van der Waals surface area contributed by atoms with Gasteiger partial charge in [-0.25, -0.2) is 0 Å². The van der Waals surface area contributed by atoms with Gasteiger partial charge in [0, 0.05) is 44.5 Å². The molecule has 1 fully saturated rings. The molecule has 1 saturated heterocycles. The molecule has 1 amide bonds. The minimum absolute atomic E-state index is 0.0984. The molecule has 0 spiro atoms. The number of benzene rings is 1. The first-order valence-corrected chi connectivity index (χ1v) is 10.7.